The predicted molar refractivity (Wildman–Crippen MR) is 50.0 cm³/mol. The molecule has 5 heteroatoms. The number of nitrogens with zero attached hydrogens (tertiary/aromatic N) is 2. The van der Waals surface area contributed by atoms with E-state index in [9.17, 15) is 13.2 Å². The van der Waals surface area contributed by atoms with Crippen LogP contribution in [0.2, 0.25) is 0 Å². The first-order valence-electron chi connectivity index (χ1n) is 5.19. The average molecular weight is 220 g/mol. The van der Waals surface area contributed by atoms with Crippen molar-refractivity contribution >= 4 is 0 Å². The zero-order valence-electron chi connectivity index (χ0n) is 8.72. The lowest BCUT2D eigenvalue weighted by Gasteiger charge is -2.24. The van der Waals surface area contributed by atoms with Crippen LogP contribution in [-0.4, -0.2) is 30.2 Å². The highest BCUT2D eigenvalue weighted by atomic mass is 19.4. The van der Waals surface area contributed by atoms with Crippen molar-refractivity contribution in [3.05, 3.63) is 0 Å². The van der Waals surface area contributed by atoms with Gasteiger partial charge in [0, 0.05) is 12.6 Å². The number of alkyl halides is 3. The molecule has 0 N–H and O–H groups in total. The Morgan fingerprint density at radius 2 is 2.07 bits per heavy atom. The van der Waals surface area contributed by atoms with Crippen LogP contribution in [0.5, 0.6) is 0 Å². The molecule has 1 rings (SSSR count). The zero-order chi connectivity index (χ0) is 11.5. The molecular weight excluding hydrogens is 205 g/mol. The largest absolute Gasteiger partial charge is 0.405 e. The Kier molecular flexibility index (Phi) is 3.97. The molecule has 1 fully saturated rings. The van der Waals surface area contributed by atoms with E-state index in [0.29, 0.717) is 6.54 Å². The molecule has 0 aromatic heterocycles. The molecule has 0 bridgehead atoms. The molecule has 0 radical (unpaired) electrons. The molecule has 0 aliphatic heterocycles. The fraction of sp³-hybridized carbons (Fsp3) is 0.900. The summed E-state index contributed by atoms with van der Waals surface area (Å²) in [6.45, 7) is 2.42. The van der Waals surface area contributed by atoms with E-state index in [1.165, 1.54) is 6.07 Å². The van der Waals surface area contributed by atoms with Crippen LogP contribution >= 0.6 is 0 Å². The van der Waals surface area contributed by atoms with Crippen molar-refractivity contribution in [2.45, 2.75) is 38.4 Å². The van der Waals surface area contributed by atoms with Gasteiger partial charge in [0.05, 0.1) is 6.07 Å². The van der Waals surface area contributed by atoms with Crippen LogP contribution in [0.1, 0.15) is 26.2 Å². The van der Waals surface area contributed by atoms with Gasteiger partial charge in [0.2, 0.25) is 0 Å². The van der Waals surface area contributed by atoms with Gasteiger partial charge in [-0.2, -0.15) is 18.4 Å². The lowest BCUT2D eigenvalue weighted by Crippen LogP contribution is -2.37. The van der Waals surface area contributed by atoms with Crippen molar-refractivity contribution in [2.24, 2.45) is 5.92 Å². The van der Waals surface area contributed by atoms with Crippen molar-refractivity contribution in [1.82, 2.24) is 4.90 Å². The van der Waals surface area contributed by atoms with Crippen LogP contribution in [0.15, 0.2) is 0 Å². The second-order valence-electron chi connectivity index (χ2n) is 3.95. The molecule has 2 nitrogen and oxygen atoms in total. The summed E-state index contributed by atoms with van der Waals surface area (Å²) in [7, 11) is 0. The number of nitriles is 1. The van der Waals surface area contributed by atoms with Gasteiger partial charge in [-0.15, -0.1) is 0 Å². The van der Waals surface area contributed by atoms with Crippen molar-refractivity contribution in [3.63, 3.8) is 0 Å². The lowest BCUT2D eigenvalue weighted by atomic mass is 10.1. The maximum atomic E-state index is 12.4. The Bertz CT molecular complexity index is 240. The van der Waals surface area contributed by atoms with Gasteiger partial charge < -0.3 is 0 Å². The zero-order valence-corrected chi connectivity index (χ0v) is 8.72. The molecule has 0 amide bonds. The Labute approximate surface area is 87.7 Å². The number of hydrogen-bond acceptors (Lipinski definition) is 2. The second-order valence-corrected chi connectivity index (χ2v) is 3.95. The Balaban J connectivity index is 2.52. The first-order valence-corrected chi connectivity index (χ1v) is 5.19. The standard InChI is InChI=1S/C10H15F3N2/c1-2-5-15(9-3-4-9)7-8(6-14)10(11,12)13/h8-9H,2-5,7H2,1H3. The van der Waals surface area contributed by atoms with Gasteiger partial charge in [-0.05, 0) is 25.8 Å². The molecule has 0 saturated heterocycles. The maximum Gasteiger partial charge on any atom is 0.405 e. The predicted octanol–water partition coefficient (Wildman–Crippen LogP) is 2.56. The van der Waals surface area contributed by atoms with Crippen LogP contribution in [0, 0.1) is 17.2 Å². The summed E-state index contributed by atoms with van der Waals surface area (Å²) in [5.74, 6) is -1.84. The van der Waals surface area contributed by atoms with Crippen LogP contribution in [0.3, 0.4) is 0 Å². The molecule has 1 aliphatic rings. The van der Waals surface area contributed by atoms with Crippen LogP contribution in [0.25, 0.3) is 0 Å². The van der Waals surface area contributed by atoms with Crippen molar-refractivity contribution < 1.29 is 13.2 Å². The molecule has 0 aromatic carbocycles. The van der Waals surface area contributed by atoms with Crippen LogP contribution < -0.4 is 0 Å². The average Bonchev–Trinajstić information content (AvgIpc) is 2.93. The second kappa shape index (κ2) is 4.84. The molecule has 1 unspecified atom stereocenters. The third kappa shape index (κ3) is 3.71. The third-order valence-corrected chi connectivity index (χ3v) is 2.54. The summed E-state index contributed by atoms with van der Waals surface area (Å²) in [6, 6.07) is 1.63. The van der Waals surface area contributed by atoms with Gasteiger partial charge in [-0.3, -0.25) is 4.90 Å². The molecule has 15 heavy (non-hydrogen) atoms. The van der Waals surface area contributed by atoms with E-state index in [-0.39, 0.29) is 12.6 Å². The van der Waals surface area contributed by atoms with Gasteiger partial charge in [0.15, 0.2) is 5.92 Å². The van der Waals surface area contributed by atoms with E-state index in [1.807, 2.05) is 6.92 Å². The minimum absolute atomic E-state index is 0.168. The van der Waals surface area contributed by atoms with E-state index < -0.39 is 12.1 Å². The fourth-order valence-electron chi connectivity index (χ4n) is 1.60. The first-order chi connectivity index (χ1) is 6.99. The highest BCUT2D eigenvalue weighted by Crippen LogP contribution is 2.32. The molecule has 1 aliphatic carbocycles. The SMILES string of the molecule is CCCN(CC(C#N)C(F)(F)F)C1CC1. The Morgan fingerprint density at radius 1 is 1.47 bits per heavy atom. The summed E-state index contributed by atoms with van der Waals surface area (Å²) in [6.07, 6.45) is -1.63. The highest BCUT2D eigenvalue weighted by Gasteiger charge is 2.42. The third-order valence-electron chi connectivity index (χ3n) is 2.54. The minimum Gasteiger partial charge on any atom is -0.299 e. The smallest absolute Gasteiger partial charge is 0.299 e. The van der Waals surface area contributed by atoms with E-state index in [0.717, 1.165) is 19.3 Å². The van der Waals surface area contributed by atoms with Crippen LogP contribution in [0.4, 0.5) is 13.2 Å². The molecular formula is C10H15F3N2. The molecule has 0 heterocycles. The number of halogens is 3. The van der Waals surface area contributed by atoms with Gasteiger partial charge in [-0.1, -0.05) is 6.92 Å². The summed E-state index contributed by atoms with van der Waals surface area (Å²) in [5.41, 5.74) is 0. The molecule has 0 aromatic rings. The quantitative estimate of drug-likeness (QED) is 0.712. The van der Waals surface area contributed by atoms with E-state index in [2.05, 4.69) is 0 Å². The van der Waals surface area contributed by atoms with E-state index in [1.54, 1.807) is 4.90 Å². The van der Waals surface area contributed by atoms with Gasteiger partial charge >= 0.3 is 6.18 Å². The van der Waals surface area contributed by atoms with Crippen molar-refractivity contribution in [1.29, 1.82) is 5.26 Å². The van der Waals surface area contributed by atoms with Crippen molar-refractivity contribution in [2.75, 3.05) is 13.1 Å². The number of rotatable bonds is 5. The lowest BCUT2D eigenvalue weighted by molar-refractivity contribution is -0.163. The molecule has 86 valence electrons. The molecule has 1 saturated carbocycles. The monoisotopic (exact) mass is 220 g/mol. The topological polar surface area (TPSA) is 27.0 Å². The minimum atomic E-state index is -4.39. The Morgan fingerprint density at radius 3 is 2.40 bits per heavy atom. The van der Waals surface area contributed by atoms with Gasteiger partial charge in [0.25, 0.3) is 0 Å². The first kappa shape index (κ1) is 12.3. The molecule has 1 atom stereocenters. The van der Waals surface area contributed by atoms with Gasteiger partial charge in [0.1, 0.15) is 0 Å². The Hall–Kier alpha value is -0.760. The van der Waals surface area contributed by atoms with E-state index >= 15 is 0 Å². The number of hydrogen-bond donors (Lipinski definition) is 0. The maximum absolute atomic E-state index is 12.4. The molecule has 0 spiro atoms. The van der Waals surface area contributed by atoms with Crippen LogP contribution in [-0.2, 0) is 0 Å². The van der Waals surface area contributed by atoms with Crippen molar-refractivity contribution in [3.8, 4) is 6.07 Å². The normalized spacial score (nSPS) is 18.9. The summed E-state index contributed by atoms with van der Waals surface area (Å²) in [4.78, 5) is 1.79. The van der Waals surface area contributed by atoms with Gasteiger partial charge in [-0.25, -0.2) is 0 Å². The summed E-state index contributed by atoms with van der Waals surface area (Å²) in [5, 5.41) is 8.48. The summed E-state index contributed by atoms with van der Waals surface area (Å²) >= 11 is 0. The summed E-state index contributed by atoms with van der Waals surface area (Å²) < 4.78 is 37.1. The fourth-order valence-corrected chi connectivity index (χ4v) is 1.60. The highest BCUT2D eigenvalue weighted by molar-refractivity contribution is 4.94. The van der Waals surface area contributed by atoms with E-state index in [4.69, 9.17) is 5.26 Å².